The zero-order valence-corrected chi connectivity index (χ0v) is 9.12. The molecular weight excluding hydrogens is 212 g/mol. The quantitative estimate of drug-likeness (QED) is 0.578. The van der Waals surface area contributed by atoms with Crippen LogP contribution in [0.15, 0.2) is 61.2 Å². The maximum Gasteiger partial charge on any atom is 0.313 e. The van der Waals surface area contributed by atoms with Crippen molar-refractivity contribution in [3.63, 3.8) is 0 Å². The number of aromatic nitrogens is 2. The Kier molecular flexibility index (Phi) is 3.43. The van der Waals surface area contributed by atoms with E-state index in [2.05, 4.69) is 7.94 Å². The van der Waals surface area contributed by atoms with Gasteiger partial charge in [0.15, 0.2) is 24.8 Å². The third-order valence-corrected chi connectivity index (χ3v) is 3.71. The van der Waals surface area contributed by atoms with Crippen LogP contribution >= 0.6 is 22.0 Å². The van der Waals surface area contributed by atoms with Crippen LogP contribution < -0.4 is 7.94 Å². The molecule has 2 nitrogen and oxygen atoms in total. The molecule has 0 amide bonds. The fraction of sp³-hybridized carbons (Fsp3) is 0. The van der Waals surface area contributed by atoms with Crippen LogP contribution in [0.1, 0.15) is 0 Å². The van der Waals surface area contributed by atoms with Crippen molar-refractivity contribution < 1.29 is 7.94 Å². The minimum atomic E-state index is 1.67. The molecule has 0 aliphatic heterocycles. The van der Waals surface area contributed by atoms with Gasteiger partial charge in [-0.2, -0.15) is 0 Å². The normalized spacial score (nSPS) is 10.0. The summed E-state index contributed by atoms with van der Waals surface area (Å²) in [6.07, 6.45) is 8.12. The van der Waals surface area contributed by atoms with E-state index >= 15 is 0 Å². The van der Waals surface area contributed by atoms with Crippen molar-refractivity contribution in [2.24, 2.45) is 0 Å². The molecule has 4 heteroatoms. The summed E-state index contributed by atoms with van der Waals surface area (Å²) in [5.74, 6) is 0. The SMILES string of the molecule is c1cc[n+](SS[n+]2ccccc2)cc1. The van der Waals surface area contributed by atoms with Gasteiger partial charge in [0.1, 0.15) is 0 Å². The van der Waals surface area contributed by atoms with E-state index in [0.717, 1.165) is 0 Å². The van der Waals surface area contributed by atoms with Crippen LogP contribution in [0.25, 0.3) is 0 Å². The van der Waals surface area contributed by atoms with Crippen molar-refractivity contribution in [1.82, 2.24) is 0 Å². The first kappa shape index (κ1) is 9.55. The van der Waals surface area contributed by atoms with Crippen LogP contribution in [0.5, 0.6) is 0 Å². The van der Waals surface area contributed by atoms with Crippen LogP contribution in [0.4, 0.5) is 0 Å². The van der Waals surface area contributed by atoms with Crippen molar-refractivity contribution in [1.29, 1.82) is 0 Å². The molecule has 0 spiro atoms. The number of hydrogen-bond donors (Lipinski definition) is 0. The number of rotatable bonds is 3. The lowest BCUT2D eigenvalue weighted by Gasteiger charge is -1.87. The summed E-state index contributed by atoms with van der Waals surface area (Å²) in [5, 5.41) is 0. The van der Waals surface area contributed by atoms with Gasteiger partial charge in [-0.1, -0.05) is 12.1 Å². The lowest BCUT2D eigenvalue weighted by Crippen LogP contribution is -2.28. The second-order valence-electron chi connectivity index (χ2n) is 2.62. The van der Waals surface area contributed by atoms with Crippen molar-refractivity contribution in [3.8, 4) is 0 Å². The Balaban J connectivity index is 1.96. The first-order chi connectivity index (χ1) is 6.95. The maximum atomic E-state index is 2.06. The van der Waals surface area contributed by atoms with Crippen LogP contribution in [0, 0.1) is 0 Å². The fourth-order valence-corrected chi connectivity index (χ4v) is 2.63. The Morgan fingerprint density at radius 2 is 0.857 bits per heavy atom. The van der Waals surface area contributed by atoms with E-state index < -0.39 is 0 Å². The van der Waals surface area contributed by atoms with E-state index in [-0.39, 0.29) is 0 Å². The van der Waals surface area contributed by atoms with Gasteiger partial charge in [0, 0.05) is 24.3 Å². The molecule has 0 radical (unpaired) electrons. The van der Waals surface area contributed by atoms with Gasteiger partial charge in [0.25, 0.3) is 0 Å². The summed E-state index contributed by atoms with van der Waals surface area (Å²) >= 11 is 0. The van der Waals surface area contributed by atoms with Gasteiger partial charge < -0.3 is 0 Å². The molecule has 14 heavy (non-hydrogen) atoms. The summed E-state index contributed by atoms with van der Waals surface area (Å²) in [6.45, 7) is 0. The molecule has 0 aromatic carbocycles. The predicted octanol–water partition coefficient (Wildman–Crippen LogP) is 1.87. The second-order valence-corrected chi connectivity index (χ2v) is 4.66. The van der Waals surface area contributed by atoms with Crippen molar-refractivity contribution in [2.45, 2.75) is 0 Å². The summed E-state index contributed by atoms with van der Waals surface area (Å²) in [7, 11) is 3.34. The highest BCUT2D eigenvalue weighted by Gasteiger charge is 2.10. The Morgan fingerprint density at radius 3 is 1.21 bits per heavy atom. The first-order valence-electron chi connectivity index (χ1n) is 4.23. The smallest absolute Gasteiger partial charge is 0.119 e. The van der Waals surface area contributed by atoms with Gasteiger partial charge >= 0.3 is 22.0 Å². The van der Waals surface area contributed by atoms with E-state index in [1.54, 1.807) is 22.0 Å². The molecule has 0 aliphatic carbocycles. The Hall–Kier alpha value is -1.00. The largest absolute Gasteiger partial charge is 0.313 e. The molecule has 2 aromatic heterocycles. The Bertz CT molecular complexity index is 338. The first-order valence-corrected chi connectivity index (χ1v) is 6.29. The van der Waals surface area contributed by atoms with Gasteiger partial charge in [-0.3, -0.25) is 0 Å². The van der Waals surface area contributed by atoms with E-state index in [0.29, 0.717) is 0 Å². The molecule has 0 atom stereocenters. The molecule has 0 aliphatic rings. The molecule has 70 valence electrons. The van der Waals surface area contributed by atoms with Crippen molar-refractivity contribution >= 4 is 22.0 Å². The van der Waals surface area contributed by atoms with E-state index in [9.17, 15) is 0 Å². The van der Waals surface area contributed by atoms with E-state index in [1.807, 2.05) is 61.2 Å². The van der Waals surface area contributed by atoms with Crippen molar-refractivity contribution in [2.75, 3.05) is 0 Å². The lowest BCUT2D eigenvalue weighted by atomic mass is 10.5. The Labute approximate surface area is 91.3 Å². The average molecular weight is 222 g/mol. The molecule has 2 aromatic rings. The highest BCUT2D eigenvalue weighted by atomic mass is 33.1. The molecule has 0 bridgehead atoms. The molecule has 0 saturated heterocycles. The molecule has 0 unspecified atom stereocenters. The second kappa shape index (κ2) is 5.02. The monoisotopic (exact) mass is 222 g/mol. The van der Waals surface area contributed by atoms with E-state index in [4.69, 9.17) is 0 Å². The summed E-state index contributed by atoms with van der Waals surface area (Å²) in [4.78, 5) is 0. The molecule has 2 heterocycles. The number of hydrogen-bond acceptors (Lipinski definition) is 2. The maximum absolute atomic E-state index is 2.06. The average Bonchev–Trinajstić information content (AvgIpc) is 2.29. The summed E-state index contributed by atoms with van der Waals surface area (Å²) in [5.41, 5.74) is 0. The molecule has 0 saturated carbocycles. The molecule has 0 N–H and O–H groups in total. The van der Waals surface area contributed by atoms with Gasteiger partial charge in [-0.25, -0.2) is 0 Å². The highest BCUT2D eigenvalue weighted by Crippen LogP contribution is 2.10. The summed E-state index contributed by atoms with van der Waals surface area (Å²) < 4.78 is 4.12. The van der Waals surface area contributed by atoms with Crippen molar-refractivity contribution in [3.05, 3.63) is 61.2 Å². The number of pyridine rings is 2. The topological polar surface area (TPSA) is 7.76 Å². The minimum Gasteiger partial charge on any atom is -0.119 e. The van der Waals surface area contributed by atoms with Gasteiger partial charge in [0.05, 0.1) is 0 Å². The molecule has 2 rings (SSSR count). The zero-order chi connectivity index (χ0) is 9.64. The Morgan fingerprint density at radius 1 is 0.500 bits per heavy atom. The third kappa shape index (κ3) is 2.75. The highest BCUT2D eigenvalue weighted by molar-refractivity contribution is 8.71. The van der Waals surface area contributed by atoms with Crippen LogP contribution in [-0.4, -0.2) is 0 Å². The minimum absolute atomic E-state index is 1.67. The van der Waals surface area contributed by atoms with Gasteiger partial charge in [-0.15, -0.1) is 7.94 Å². The van der Waals surface area contributed by atoms with Crippen LogP contribution in [-0.2, 0) is 0 Å². The van der Waals surface area contributed by atoms with Gasteiger partial charge in [0.2, 0.25) is 0 Å². The zero-order valence-electron chi connectivity index (χ0n) is 7.48. The predicted molar refractivity (Wildman–Crippen MR) is 59.3 cm³/mol. The fourth-order valence-electron chi connectivity index (χ4n) is 0.942. The van der Waals surface area contributed by atoms with E-state index in [1.165, 1.54) is 0 Å². The van der Waals surface area contributed by atoms with Crippen LogP contribution in [0.3, 0.4) is 0 Å². The van der Waals surface area contributed by atoms with Gasteiger partial charge in [-0.05, 0) is 0 Å². The van der Waals surface area contributed by atoms with Crippen LogP contribution in [0.2, 0.25) is 0 Å². The third-order valence-electron chi connectivity index (χ3n) is 1.58. The lowest BCUT2D eigenvalue weighted by molar-refractivity contribution is -0.505. The molecule has 0 fully saturated rings. The standard InChI is InChI=1S/C10H10N2S2/c1-3-7-11(8-4-1)13-14-12-9-5-2-6-10-12/h1-10H/q+2. The number of nitrogens with zero attached hydrogens (tertiary/aromatic N) is 2. The molecular formula is C10H10N2S2+2. The summed E-state index contributed by atoms with van der Waals surface area (Å²) in [6, 6.07) is 12.1.